The molecule has 2 unspecified atom stereocenters. The van der Waals surface area contributed by atoms with Gasteiger partial charge in [0.15, 0.2) is 0 Å². The fourth-order valence-corrected chi connectivity index (χ4v) is 3.09. The first kappa shape index (κ1) is 13.5. The van der Waals surface area contributed by atoms with Crippen molar-refractivity contribution < 1.29 is 5.11 Å². The zero-order valence-electron chi connectivity index (χ0n) is 11.5. The van der Waals surface area contributed by atoms with Gasteiger partial charge in [-0.25, -0.2) is 0 Å². The van der Waals surface area contributed by atoms with Gasteiger partial charge in [-0.3, -0.25) is 4.98 Å². The summed E-state index contributed by atoms with van der Waals surface area (Å²) < 4.78 is 0. The maximum absolute atomic E-state index is 11.2. The molecule has 1 N–H and O–H groups in total. The quantitative estimate of drug-likeness (QED) is 0.835. The van der Waals surface area contributed by atoms with Gasteiger partial charge in [-0.05, 0) is 33.0 Å². The van der Waals surface area contributed by atoms with E-state index in [2.05, 4.69) is 24.0 Å². The molecule has 0 amide bonds. The Labute approximate surface area is 110 Å². The lowest BCUT2D eigenvalue weighted by Gasteiger charge is -2.36. The highest BCUT2D eigenvalue weighted by Gasteiger charge is 2.39. The average Bonchev–Trinajstić information content (AvgIpc) is 2.54. The summed E-state index contributed by atoms with van der Waals surface area (Å²) in [5.41, 5.74) is 0.286. The van der Waals surface area contributed by atoms with Crippen molar-refractivity contribution in [3.8, 4) is 0 Å². The Bertz CT molecular complexity index is 366. The molecular weight excluding hydrogens is 224 g/mol. The minimum atomic E-state index is -0.699. The summed E-state index contributed by atoms with van der Waals surface area (Å²) in [4.78, 5) is 6.35. The number of hydrogen-bond acceptors (Lipinski definition) is 3. The average molecular weight is 248 g/mol. The van der Waals surface area contributed by atoms with Crippen LogP contribution in [0.1, 0.15) is 37.7 Å². The van der Waals surface area contributed by atoms with Crippen molar-refractivity contribution in [2.45, 2.75) is 37.7 Å². The van der Waals surface area contributed by atoms with E-state index in [1.807, 2.05) is 18.3 Å². The largest absolute Gasteiger partial charge is 0.385 e. The molecule has 0 radical (unpaired) electrons. The molecule has 100 valence electrons. The Kier molecular flexibility index (Phi) is 4.36. The SMILES string of the molecule is CN(C)CC1CCCCCC1(O)c1cccnc1. The van der Waals surface area contributed by atoms with E-state index >= 15 is 0 Å². The summed E-state index contributed by atoms with van der Waals surface area (Å²) in [6, 6.07) is 3.94. The minimum absolute atomic E-state index is 0.305. The monoisotopic (exact) mass is 248 g/mol. The first-order valence-electron chi connectivity index (χ1n) is 6.90. The predicted octanol–water partition coefficient (Wildman–Crippen LogP) is 2.41. The predicted molar refractivity (Wildman–Crippen MR) is 73.3 cm³/mol. The number of rotatable bonds is 3. The fourth-order valence-electron chi connectivity index (χ4n) is 3.09. The highest BCUT2D eigenvalue weighted by molar-refractivity contribution is 5.20. The van der Waals surface area contributed by atoms with E-state index in [-0.39, 0.29) is 0 Å². The van der Waals surface area contributed by atoms with Crippen LogP contribution in [0.25, 0.3) is 0 Å². The zero-order valence-corrected chi connectivity index (χ0v) is 11.5. The highest BCUT2D eigenvalue weighted by atomic mass is 16.3. The van der Waals surface area contributed by atoms with E-state index in [1.54, 1.807) is 6.20 Å². The first-order valence-corrected chi connectivity index (χ1v) is 6.90. The van der Waals surface area contributed by atoms with Crippen LogP contribution >= 0.6 is 0 Å². The van der Waals surface area contributed by atoms with Crippen LogP contribution < -0.4 is 0 Å². The van der Waals surface area contributed by atoms with Gasteiger partial charge in [0.05, 0.1) is 5.60 Å². The van der Waals surface area contributed by atoms with E-state index in [4.69, 9.17) is 0 Å². The van der Waals surface area contributed by atoms with Crippen LogP contribution in [-0.2, 0) is 5.60 Å². The molecule has 1 saturated carbocycles. The number of aromatic nitrogens is 1. The third-order valence-electron chi connectivity index (χ3n) is 4.03. The lowest BCUT2D eigenvalue weighted by atomic mass is 9.78. The summed E-state index contributed by atoms with van der Waals surface area (Å²) in [5.74, 6) is 0.305. The third-order valence-corrected chi connectivity index (χ3v) is 4.03. The molecule has 0 bridgehead atoms. The Morgan fingerprint density at radius 3 is 2.89 bits per heavy atom. The smallest absolute Gasteiger partial charge is 0.0951 e. The van der Waals surface area contributed by atoms with Gasteiger partial charge >= 0.3 is 0 Å². The molecule has 1 aromatic rings. The number of aliphatic hydroxyl groups is 1. The Balaban J connectivity index is 2.28. The standard InChI is InChI=1S/C15H24N2O/c1-17(2)12-14-7-4-3-5-9-15(14,18)13-8-6-10-16-11-13/h6,8,10-11,14,18H,3-5,7,9,12H2,1-2H3. The fraction of sp³-hybridized carbons (Fsp3) is 0.667. The van der Waals surface area contributed by atoms with E-state index in [9.17, 15) is 5.11 Å². The summed E-state index contributed by atoms with van der Waals surface area (Å²) >= 11 is 0. The van der Waals surface area contributed by atoms with Gasteiger partial charge in [0.25, 0.3) is 0 Å². The molecular formula is C15H24N2O. The van der Waals surface area contributed by atoms with Gasteiger partial charge in [0, 0.05) is 30.4 Å². The Hall–Kier alpha value is -0.930. The van der Waals surface area contributed by atoms with Crippen LogP contribution in [-0.4, -0.2) is 35.6 Å². The van der Waals surface area contributed by atoms with Crippen molar-refractivity contribution in [1.29, 1.82) is 0 Å². The van der Waals surface area contributed by atoms with Gasteiger partial charge in [0.1, 0.15) is 0 Å². The van der Waals surface area contributed by atoms with Crippen LogP contribution in [0.4, 0.5) is 0 Å². The summed E-state index contributed by atoms with van der Waals surface area (Å²) in [7, 11) is 4.16. The van der Waals surface area contributed by atoms with Crippen LogP contribution in [0, 0.1) is 5.92 Å². The van der Waals surface area contributed by atoms with Gasteiger partial charge in [-0.2, -0.15) is 0 Å². The van der Waals surface area contributed by atoms with Crippen LogP contribution in [0.3, 0.4) is 0 Å². The number of pyridine rings is 1. The molecule has 1 heterocycles. The third kappa shape index (κ3) is 2.90. The molecule has 0 aromatic carbocycles. The second-order valence-electron chi connectivity index (χ2n) is 5.72. The van der Waals surface area contributed by atoms with Crippen molar-refractivity contribution in [3.63, 3.8) is 0 Å². The maximum Gasteiger partial charge on any atom is 0.0951 e. The molecule has 2 rings (SSSR count). The molecule has 3 nitrogen and oxygen atoms in total. The van der Waals surface area contributed by atoms with E-state index in [0.717, 1.165) is 31.4 Å². The maximum atomic E-state index is 11.2. The molecule has 2 atom stereocenters. The highest BCUT2D eigenvalue weighted by Crippen LogP contribution is 2.40. The van der Waals surface area contributed by atoms with E-state index in [0.29, 0.717) is 5.92 Å². The van der Waals surface area contributed by atoms with Gasteiger partial charge < -0.3 is 10.0 Å². The molecule has 1 aliphatic rings. The molecule has 1 fully saturated rings. The second-order valence-corrected chi connectivity index (χ2v) is 5.72. The van der Waals surface area contributed by atoms with Crippen LogP contribution in [0.2, 0.25) is 0 Å². The van der Waals surface area contributed by atoms with Crippen molar-refractivity contribution in [2.24, 2.45) is 5.92 Å². The number of hydrogen-bond donors (Lipinski definition) is 1. The summed E-state index contributed by atoms with van der Waals surface area (Å²) in [6.45, 7) is 0.936. The topological polar surface area (TPSA) is 36.4 Å². The van der Waals surface area contributed by atoms with Gasteiger partial charge in [-0.15, -0.1) is 0 Å². The van der Waals surface area contributed by atoms with E-state index < -0.39 is 5.60 Å². The van der Waals surface area contributed by atoms with E-state index in [1.165, 1.54) is 12.8 Å². The molecule has 1 aliphatic carbocycles. The number of nitrogens with zero attached hydrogens (tertiary/aromatic N) is 2. The van der Waals surface area contributed by atoms with Crippen LogP contribution in [0.15, 0.2) is 24.5 Å². The molecule has 0 spiro atoms. The first-order chi connectivity index (χ1) is 8.63. The van der Waals surface area contributed by atoms with Crippen molar-refractivity contribution in [3.05, 3.63) is 30.1 Å². The Morgan fingerprint density at radius 2 is 2.22 bits per heavy atom. The normalized spacial score (nSPS) is 29.2. The zero-order chi connectivity index (χ0) is 13.0. The molecule has 1 aromatic heterocycles. The molecule has 18 heavy (non-hydrogen) atoms. The van der Waals surface area contributed by atoms with Crippen molar-refractivity contribution >= 4 is 0 Å². The summed E-state index contributed by atoms with van der Waals surface area (Å²) in [5, 5.41) is 11.2. The van der Waals surface area contributed by atoms with Crippen molar-refractivity contribution in [1.82, 2.24) is 9.88 Å². The summed E-state index contributed by atoms with van der Waals surface area (Å²) in [6.07, 6.45) is 9.11. The minimum Gasteiger partial charge on any atom is -0.385 e. The lowest BCUT2D eigenvalue weighted by molar-refractivity contribution is -0.0390. The molecule has 0 aliphatic heterocycles. The molecule has 3 heteroatoms. The molecule has 0 saturated heterocycles. The van der Waals surface area contributed by atoms with Crippen molar-refractivity contribution in [2.75, 3.05) is 20.6 Å². The second kappa shape index (κ2) is 5.81. The van der Waals surface area contributed by atoms with Gasteiger partial charge in [0.2, 0.25) is 0 Å². The van der Waals surface area contributed by atoms with Crippen LogP contribution in [0.5, 0.6) is 0 Å². The lowest BCUT2D eigenvalue weighted by Crippen LogP contribution is -2.40. The van der Waals surface area contributed by atoms with Gasteiger partial charge in [-0.1, -0.05) is 25.3 Å². The Morgan fingerprint density at radius 1 is 1.39 bits per heavy atom.